The first kappa shape index (κ1) is 32.6. The van der Waals surface area contributed by atoms with E-state index in [-0.39, 0.29) is 0 Å². The maximum atomic E-state index is 9.50. The number of furan rings is 1. The molecule has 0 saturated heterocycles. The summed E-state index contributed by atoms with van der Waals surface area (Å²) < 4.78 is 6.09. The largest absolute Gasteiger partial charge is 0.456 e. The first-order valence-corrected chi connectivity index (χ1v) is 19.0. The Kier molecular flexibility index (Phi) is 7.52. The number of hydrogen-bond acceptors (Lipinski definition) is 4. The quantitative estimate of drug-likeness (QED) is 0.166. The van der Waals surface area contributed by atoms with E-state index < -0.39 is 0 Å². The Morgan fingerprint density at radius 1 is 0.351 bits per heavy atom. The minimum Gasteiger partial charge on any atom is -0.456 e. The molecule has 0 saturated carbocycles. The van der Waals surface area contributed by atoms with E-state index in [1.807, 2.05) is 30.3 Å². The van der Waals surface area contributed by atoms with Gasteiger partial charge in [-0.05, 0) is 103 Å². The van der Waals surface area contributed by atoms with Crippen LogP contribution in [0.2, 0.25) is 0 Å². The summed E-state index contributed by atoms with van der Waals surface area (Å²) in [5.74, 6) is 0.698. The molecule has 0 N–H and O–H groups in total. The molecule has 2 aromatic heterocycles. The van der Waals surface area contributed by atoms with Crippen LogP contribution >= 0.6 is 0 Å². The van der Waals surface area contributed by atoms with Gasteiger partial charge in [-0.2, -0.15) is 5.26 Å². The number of rotatable bonds is 5. The highest BCUT2D eigenvalue weighted by molar-refractivity contribution is 6.23. The molecule has 11 aromatic rings. The van der Waals surface area contributed by atoms with Crippen LogP contribution in [0.3, 0.4) is 0 Å². The van der Waals surface area contributed by atoms with E-state index in [0.717, 1.165) is 82.9 Å². The van der Waals surface area contributed by atoms with E-state index in [0.29, 0.717) is 11.4 Å². The molecule has 0 bridgehead atoms. The van der Waals surface area contributed by atoms with E-state index in [1.165, 1.54) is 21.7 Å². The predicted molar refractivity (Wildman–Crippen MR) is 234 cm³/mol. The van der Waals surface area contributed by atoms with Crippen molar-refractivity contribution in [3.05, 3.63) is 194 Å². The first-order valence-electron chi connectivity index (χ1n) is 19.0. The van der Waals surface area contributed by atoms with Gasteiger partial charge in [0.25, 0.3) is 0 Å². The first-order chi connectivity index (χ1) is 28.2. The molecule has 0 fully saturated rings. The summed E-state index contributed by atoms with van der Waals surface area (Å²) in [6.45, 7) is 0. The van der Waals surface area contributed by atoms with Crippen LogP contribution in [0.15, 0.2) is 192 Å². The number of fused-ring (bicyclic) bond motifs is 8. The molecule has 0 aliphatic carbocycles. The van der Waals surface area contributed by atoms with Gasteiger partial charge in [0.2, 0.25) is 0 Å². The molecule has 4 nitrogen and oxygen atoms in total. The molecule has 11 rings (SSSR count). The minimum atomic E-state index is 0.620. The summed E-state index contributed by atoms with van der Waals surface area (Å²) in [5.41, 5.74) is 11.6. The Hall–Kier alpha value is -7.87. The third-order valence-corrected chi connectivity index (χ3v) is 11.1. The zero-order chi connectivity index (χ0) is 37.9. The molecule has 0 radical (unpaired) electrons. The number of hydrogen-bond donors (Lipinski definition) is 0. The van der Waals surface area contributed by atoms with Gasteiger partial charge in [-0.25, -0.2) is 9.97 Å². The summed E-state index contributed by atoms with van der Waals surface area (Å²) >= 11 is 0. The van der Waals surface area contributed by atoms with E-state index in [2.05, 4.69) is 158 Å². The molecule has 9 aromatic carbocycles. The molecular weight excluding hydrogens is 695 g/mol. The molecule has 2 heterocycles. The second-order valence-electron chi connectivity index (χ2n) is 14.4. The third kappa shape index (κ3) is 5.53. The van der Waals surface area contributed by atoms with Gasteiger partial charge in [-0.3, -0.25) is 0 Å². The molecular formula is C53H31N3O. The lowest BCUT2D eigenvalue weighted by molar-refractivity contribution is 0.669. The second-order valence-corrected chi connectivity index (χ2v) is 14.4. The highest BCUT2D eigenvalue weighted by Crippen LogP contribution is 2.42. The fraction of sp³-hybridized carbons (Fsp3) is 0. The number of aromatic nitrogens is 2. The predicted octanol–water partition coefficient (Wildman–Crippen LogP) is 14.0. The van der Waals surface area contributed by atoms with Crippen LogP contribution in [0, 0.1) is 11.3 Å². The van der Waals surface area contributed by atoms with Crippen molar-refractivity contribution in [2.75, 3.05) is 0 Å². The van der Waals surface area contributed by atoms with E-state index in [1.54, 1.807) is 6.07 Å². The second kappa shape index (κ2) is 13.2. The minimum absolute atomic E-state index is 0.620. The molecule has 0 unspecified atom stereocenters. The van der Waals surface area contributed by atoms with Crippen LogP contribution in [0.1, 0.15) is 5.56 Å². The van der Waals surface area contributed by atoms with E-state index in [9.17, 15) is 5.26 Å². The van der Waals surface area contributed by atoms with Gasteiger partial charge in [0.05, 0.1) is 23.0 Å². The molecule has 0 aliphatic rings. The van der Waals surface area contributed by atoms with Gasteiger partial charge in [0.15, 0.2) is 5.82 Å². The van der Waals surface area contributed by atoms with Crippen molar-refractivity contribution in [3.63, 3.8) is 0 Å². The average Bonchev–Trinajstić information content (AvgIpc) is 3.66. The number of nitrogens with zero attached hydrogens (tertiary/aromatic N) is 3. The van der Waals surface area contributed by atoms with Crippen LogP contribution in [-0.2, 0) is 0 Å². The van der Waals surface area contributed by atoms with Crippen LogP contribution in [-0.4, -0.2) is 9.97 Å². The van der Waals surface area contributed by atoms with Crippen molar-refractivity contribution in [2.24, 2.45) is 0 Å². The standard InChI is InChI=1S/C53H31N3O/c54-32-33-19-25-51-46(27-33)47-28-38(24-26-52(47)57-51)34-20-22-35(23-21-34)43-29-44-41-17-9-10-18-42(41)48(30-45(44)40-16-8-7-15-39(40)43)53-55-49(36-11-3-1-4-12-36)31-50(56-53)37-13-5-2-6-14-37/h1-31H. The van der Waals surface area contributed by atoms with Gasteiger partial charge < -0.3 is 4.42 Å². The summed E-state index contributed by atoms with van der Waals surface area (Å²) in [4.78, 5) is 10.5. The molecule has 0 amide bonds. The van der Waals surface area contributed by atoms with E-state index in [4.69, 9.17) is 14.4 Å². The molecule has 0 aliphatic heterocycles. The van der Waals surface area contributed by atoms with Crippen molar-refractivity contribution in [3.8, 4) is 62.2 Å². The van der Waals surface area contributed by atoms with Crippen LogP contribution in [0.25, 0.3) is 110 Å². The van der Waals surface area contributed by atoms with E-state index >= 15 is 0 Å². The maximum Gasteiger partial charge on any atom is 0.161 e. The fourth-order valence-corrected chi connectivity index (χ4v) is 8.32. The van der Waals surface area contributed by atoms with Crippen LogP contribution < -0.4 is 0 Å². The third-order valence-electron chi connectivity index (χ3n) is 11.1. The maximum absolute atomic E-state index is 9.50. The lowest BCUT2D eigenvalue weighted by atomic mass is 9.88. The Labute approximate surface area is 328 Å². The lowest BCUT2D eigenvalue weighted by Crippen LogP contribution is -1.97. The Morgan fingerprint density at radius 2 is 0.842 bits per heavy atom. The zero-order valence-electron chi connectivity index (χ0n) is 30.6. The molecule has 0 spiro atoms. The average molecular weight is 726 g/mol. The summed E-state index contributed by atoms with van der Waals surface area (Å²) in [6.07, 6.45) is 0. The van der Waals surface area contributed by atoms with Gasteiger partial charge >= 0.3 is 0 Å². The molecule has 264 valence electrons. The zero-order valence-corrected chi connectivity index (χ0v) is 30.6. The Bertz CT molecular complexity index is 3340. The van der Waals surface area contributed by atoms with Gasteiger partial charge in [0.1, 0.15) is 11.2 Å². The van der Waals surface area contributed by atoms with Crippen molar-refractivity contribution < 1.29 is 4.42 Å². The summed E-state index contributed by atoms with van der Waals surface area (Å²) in [5, 5.41) is 18.4. The van der Waals surface area contributed by atoms with Gasteiger partial charge in [-0.1, -0.05) is 140 Å². The van der Waals surface area contributed by atoms with Crippen molar-refractivity contribution >= 4 is 54.3 Å². The highest BCUT2D eigenvalue weighted by atomic mass is 16.3. The Morgan fingerprint density at radius 3 is 1.46 bits per heavy atom. The molecule has 57 heavy (non-hydrogen) atoms. The normalized spacial score (nSPS) is 11.5. The topological polar surface area (TPSA) is 62.7 Å². The summed E-state index contributed by atoms with van der Waals surface area (Å²) in [6, 6.07) is 67.7. The van der Waals surface area contributed by atoms with Crippen molar-refractivity contribution in [2.45, 2.75) is 0 Å². The summed E-state index contributed by atoms with van der Waals surface area (Å²) in [7, 11) is 0. The van der Waals surface area contributed by atoms with Crippen molar-refractivity contribution in [1.82, 2.24) is 9.97 Å². The fourth-order valence-electron chi connectivity index (χ4n) is 8.32. The monoisotopic (exact) mass is 725 g/mol. The smallest absolute Gasteiger partial charge is 0.161 e. The van der Waals surface area contributed by atoms with Gasteiger partial charge in [-0.15, -0.1) is 0 Å². The van der Waals surface area contributed by atoms with Gasteiger partial charge in [0, 0.05) is 27.5 Å². The van der Waals surface area contributed by atoms with Crippen molar-refractivity contribution in [1.29, 1.82) is 5.26 Å². The Balaban J connectivity index is 1.07. The molecule has 4 heteroatoms. The number of nitriles is 1. The lowest BCUT2D eigenvalue weighted by Gasteiger charge is -2.16. The number of benzene rings is 9. The SMILES string of the molecule is N#Cc1ccc2oc3ccc(-c4ccc(-c5cc6c7ccccc7c(-c7nc(-c8ccccc8)cc(-c8ccccc8)n7)cc6c6ccccc56)cc4)cc3c2c1. The molecule has 0 atom stereocenters. The highest BCUT2D eigenvalue weighted by Gasteiger charge is 2.18. The van der Waals surface area contributed by atoms with Crippen LogP contribution in [0.5, 0.6) is 0 Å². The van der Waals surface area contributed by atoms with Crippen LogP contribution in [0.4, 0.5) is 0 Å².